The maximum Gasteiger partial charge on any atom is 0.306 e. The summed E-state index contributed by atoms with van der Waals surface area (Å²) in [7, 11) is 0. The van der Waals surface area contributed by atoms with E-state index in [2.05, 4.69) is 13.8 Å². The number of carbonyl (C=O) groups is 2. The minimum atomic E-state index is -0.643. The Morgan fingerprint density at radius 3 is 1.19 bits per heavy atom. The third kappa shape index (κ3) is 15.9. The molecule has 0 spiro atoms. The van der Waals surface area contributed by atoms with Crippen LogP contribution in [0.5, 0.6) is 0 Å². The van der Waals surface area contributed by atoms with Crippen molar-refractivity contribution >= 4 is 11.9 Å². The maximum atomic E-state index is 10.4. The van der Waals surface area contributed by atoms with Crippen LogP contribution in [-0.2, 0) is 31.3 Å². The predicted molar refractivity (Wildman–Crippen MR) is 81.9 cm³/mol. The number of carboxylic acid groups (broad SMARTS) is 2. The second kappa shape index (κ2) is 17.7. The predicted octanol–water partition coefficient (Wildman–Crippen LogP) is 4.57. The first-order chi connectivity index (χ1) is 9.44. The Bertz CT molecular complexity index is 231. The van der Waals surface area contributed by atoms with Gasteiger partial charge in [0.2, 0.25) is 0 Å². The van der Waals surface area contributed by atoms with Crippen LogP contribution in [0.2, 0.25) is 0 Å². The molecule has 0 aromatic rings. The smallest absolute Gasteiger partial charge is 0.306 e. The first-order valence-electron chi connectivity index (χ1n) is 7.89. The van der Waals surface area contributed by atoms with Crippen LogP contribution in [0.3, 0.4) is 0 Å². The summed E-state index contributed by atoms with van der Waals surface area (Å²) in [5.41, 5.74) is 0. The SMILES string of the molecule is CCCCC(CC)C(=O)O.CCCCC(CC)C(=O)O.[Ti]. The van der Waals surface area contributed by atoms with E-state index in [0.717, 1.165) is 51.4 Å². The number of unbranched alkanes of at least 4 members (excludes halogenated alkanes) is 2. The maximum absolute atomic E-state index is 10.4. The molecule has 0 saturated heterocycles. The van der Waals surface area contributed by atoms with E-state index in [1.54, 1.807) is 0 Å². The van der Waals surface area contributed by atoms with E-state index < -0.39 is 11.9 Å². The van der Waals surface area contributed by atoms with Gasteiger partial charge in [-0.15, -0.1) is 0 Å². The van der Waals surface area contributed by atoms with E-state index >= 15 is 0 Å². The summed E-state index contributed by atoms with van der Waals surface area (Å²) in [5.74, 6) is -1.51. The fourth-order valence-electron chi connectivity index (χ4n) is 1.91. The number of carboxylic acids is 2. The van der Waals surface area contributed by atoms with Gasteiger partial charge in [-0.2, -0.15) is 0 Å². The largest absolute Gasteiger partial charge is 0.481 e. The van der Waals surface area contributed by atoms with Crippen LogP contribution in [0.1, 0.15) is 79.1 Å². The molecule has 4 nitrogen and oxygen atoms in total. The number of rotatable bonds is 10. The van der Waals surface area contributed by atoms with Gasteiger partial charge in [-0.05, 0) is 25.7 Å². The molecule has 0 amide bonds. The van der Waals surface area contributed by atoms with E-state index in [4.69, 9.17) is 10.2 Å². The normalized spacial score (nSPS) is 12.4. The van der Waals surface area contributed by atoms with Gasteiger partial charge in [-0.1, -0.05) is 53.4 Å². The van der Waals surface area contributed by atoms with Crippen LogP contribution in [0.15, 0.2) is 0 Å². The van der Waals surface area contributed by atoms with Gasteiger partial charge in [-0.25, -0.2) is 0 Å². The zero-order valence-corrected chi connectivity index (χ0v) is 15.6. The summed E-state index contributed by atoms with van der Waals surface area (Å²) in [5, 5.41) is 17.2. The van der Waals surface area contributed by atoms with Crippen molar-refractivity contribution in [2.24, 2.45) is 11.8 Å². The topological polar surface area (TPSA) is 74.6 Å². The molecule has 21 heavy (non-hydrogen) atoms. The summed E-state index contributed by atoms with van der Waals surface area (Å²) >= 11 is 0. The van der Waals surface area contributed by atoms with Crippen molar-refractivity contribution in [3.8, 4) is 0 Å². The molecule has 0 aliphatic heterocycles. The third-order valence-electron chi connectivity index (χ3n) is 3.50. The Labute approximate surface area is 144 Å². The van der Waals surface area contributed by atoms with Gasteiger partial charge in [0.15, 0.2) is 0 Å². The fraction of sp³-hybridized carbons (Fsp3) is 0.875. The quantitative estimate of drug-likeness (QED) is 0.573. The molecule has 0 heterocycles. The van der Waals surface area contributed by atoms with Gasteiger partial charge in [0.05, 0.1) is 11.8 Å². The molecule has 0 saturated carbocycles. The minimum Gasteiger partial charge on any atom is -0.481 e. The van der Waals surface area contributed by atoms with Crippen LogP contribution < -0.4 is 0 Å². The van der Waals surface area contributed by atoms with Crippen molar-refractivity contribution in [1.82, 2.24) is 0 Å². The molecule has 2 N–H and O–H groups in total. The van der Waals surface area contributed by atoms with Crippen LogP contribution in [0.25, 0.3) is 0 Å². The number of aliphatic carboxylic acids is 2. The monoisotopic (exact) mass is 336 g/mol. The van der Waals surface area contributed by atoms with Crippen molar-refractivity contribution in [3.63, 3.8) is 0 Å². The van der Waals surface area contributed by atoms with E-state index in [-0.39, 0.29) is 33.6 Å². The Balaban J connectivity index is -0.000000295. The Hall–Kier alpha value is -0.346. The summed E-state index contributed by atoms with van der Waals surface area (Å²) in [6.45, 7) is 8.01. The van der Waals surface area contributed by atoms with E-state index in [9.17, 15) is 9.59 Å². The van der Waals surface area contributed by atoms with Gasteiger partial charge >= 0.3 is 11.9 Å². The average Bonchev–Trinajstić information content (AvgIpc) is 2.40. The summed E-state index contributed by atoms with van der Waals surface area (Å²) in [6, 6.07) is 0. The molecule has 0 aliphatic rings. The Kier molecular flexibility index (Phi) is 21.6. The van der Waals surface area contributed by atoms with Crippen molar-refractivity contribution in [1.29, 1.82) is 0 Å². The second-order valence-electron chi connectivity index (χ2n) is 5.17. The summed E-state index contributed by atoms with van der Waals surface area (Å²) < 4.78 is 0. The molecular weight excluding hydrogens is 304 g/mol. The molecule has 0 aliphatic carbocycles. The van der Waals surface area contributed by atoms with Crippen LogP contribution in [0.4, 0.5) is 0 Å². The van der Waals surface area contributed by atoms with Crippen molar-refractivity contribution in [2.75, 3.05) is 0 Å². The summed E-state index contributed by atoms with van der Waals surface area (Å²) in [6.07, 6.45) is 7.43. The fourth-order valence-corrected chi connectivity index (χ4v) is 1.91. The zero-order chi connectivity index (χ0) is 16.0. The van der Waals surface area contributed by atoms with Gasteiger partial charge in [-0.3, -0.25) is 9.59 Å². The van der Waals surface area contributed by atoms with Crippen molar-refractivity contribution < 1.29 is 41.5 Å². The zero-order valence-electron chi connectivity index (χ0n) is 14.0. The van der Waals surface area contributed by atoms with Crippen LogP contribution >= 0.6 is 0 Å². The van der Waals surface area contributed by atoms with Crippen molar-refractivity contribution in [2.45, 2.75) is 79.1 Å². The molecule has 0 aromatic heterocycles. The molecule has 124 valence electrons. The van der Waals surface area contributed by atoms with E-state index in [0.29, 0.717) is 0 Å². The van der Waals surface area contributed by atoms with Gasteiger partial charge in [0.25, 0.3) is 0 Å². The Morgan fingerprint density at radius 2 is 1.05 bits per heavy atom. The van der Waals surface area contributed by atoms with Gasteiger partial charge < -0.3 is 10.2 Å². The van der Waals surface area contributed by atoms with E-state index in [1.807, 2.05) is 13.8 Å². The van der Waals surface area contributed by atoms with Gasteiger partial charge in [0.1, 0.15) is 0 Å². The van der Waals surface area contributed by atoms with Gasteiger partial charge in [0, 0.05) is 21.7 Å². The molecule has 0 rings (SSSR count). The molecular formula is C16H32O4Ti. The van der Waals surface area contributed by atoms with Crippen molar-refractivity contribution in [3.05, 3.63) is 0 Å². The second-order valence-corrected chi connectivity index (χ2v) is 5.17. The van der Waals surface area contributed by atoms with Crippen LogP contribution in [0, 0.1) is 11.8 Å². The van der Waals surface area contributed by atoms with E-state index in [1.165, 1.54) is 0 Å². The molecule has 2 unspecified atom stereocenters. The minimum absolute atomic E-state index is 0. The van der Waals surface area contributed by atoms with Crippen LogP contribution in [-0.4, -0.2) is 22.2 Å². The molecule has 2 atom stereocenters. The Morgan fingerprint density at radius 1 is 0.762 bits per heavy atom. The number of hydrogen-bond acceptors (Lipinski definition) is 2. The molecule has 0 radical (unpaired) electrons. The first kappa shape index (κ1) is 25.6. The number of hydrogen-bond donors (Lipinski definition) is 2. The molecule has 0 bridgehead atoms. The molecule has 0 aromatic carbocycles. The third-order valence-corrected chi connectivity index (χ3v) is 3.50. The standard InChI is InChI=1S/2C8H16O2.Ti/c2*1-3-5-6-7(4-2)8(9)10;/h2*7H,3-6H2,1-2H3,(H,9,10);. The molecule has 5 heteroatoms. The molecule has 0 fully saturated rings. The summed E-state index contributed by atoms with van der Waals surface area (Å²) in [4.78, 5) is 20.9. The average molecular weight is 336 g/mol. The first-order valence-corrected chi connectivity index (χ1v) is 7.89.